The zero-order valence-electron chi connectivity index (χ0n) is 8.42. The summed E-state index contributed by atoms with van der Waals surface area (Å²) in [6.45, 7) is 0. The Balaban J connectivity index is 2.41. The molecule has 17 heavy (non-hydrogen) atoms. The molecular weight excluding hydrogens is 250 g/mol. The van der Waals surface area contributed by atoms with Gasteiger partial charge >= 0.3 is 0 Å². The third-order valence-corrected chi connectivity index (χ3v) is 2.28. The monoisotopic (exact) mass is 256 g/mol. The first kappa shape index (κ1) is 11.5. The fourth-order valence-electron chi connectivity index (χ4n) is 1.20. The Morgan fingerprint density at radius 1 is 1.24 bits per heavy atom. The first-order valence-corrected chi connectivity index (χ1v) is 4.95. The number of nitrogens with zero attached hydrogens (tertiary/aromatic N) is 2. The van der Waals surface area contributed by atoms with E-state index in [1.165, 1.54) is 18.2 Å². The maximum absolute atomic E-state index is 13.4. The van der Waals surface area contributed by atoms with Crippen molar-refractivity contribution in [3.63, 3.8) is 0 Å². The van der Waals surface area contributed by atoms with E-state index in [9.17, 15) is 8.78 Å². The maximum atomic E-state index is 13.4. The molecule has 0 aliphatic rings. The molecule has 0 amide bonds. The van der Waals surface area contributed by atoms with Crippen molar-refractivity contribution >= 4 is 29.1 Å². The minimum atomic E-state index is -0.751. The van der Waals surface area contributed by atoms with Crippen molar-refractivity contribution in [2.75, 3.05) is 11.1 Å². The van der Waals surface area contributed by atoms with Gasteiger partial charge in [0.2, 0.25) is 5.95 Å². The number of nitrogens with one attached hydrogen (secondary N) is 1. The molecule has 0 saturated heterocycles. The quantitative estimate of drug-likeness (QED) is 0.867. The van der Waals surface area contributed by atoms with Crippen LogP contribution in [-0.4, -0.2) is 9.97 Å². The van der Waals surface area contributed by atoms with Crippen molar-refractivity contribution in [1.82, 2.24) is 9.97 Å². The van der Waals surface area contributed by atoms with E-state index in [0.29, 0.717) is 0 Å². The lowest BCUT2D eigenvalue weighted by molar-refractivity contribution is 0.616. The zero-order chi connectivity index (χ0) is 12.4. The molecule has 2 rings (SSSR count). The highest BCUT2D eigenvalue weighted by molar-refractivity contribution is 6.33. The molecule has 2 aromatic rings. The zero-order valence-corrected chi connectivity index (χ0v) is 9.17. The molecule has 0 saturated carbocycles. The van der Waals surface area contributed by atoms with Gasteiger partial charge < -0.3 is 11.1 Å². The average Bonchev–Trinajstić information content (AvgIpc) is 2.28. The number of anilines is 3. The van der Waals surface area contributed by atoms with E-state index in [1.807, 2.05) is 0 Å². The van der Waals surface area contributed by atoms with E-state index in [1.54, 1.807) is 0 Å². The number of hydrogen-bond acceptors (Lipinski definition) is 4. The van der Waals surface area contributed by atoms with Crippen LogP contribution in [0.1, 0.15) is 0 Å². The molecule has 1 aromatic carbocycles. The Kier molecular flexibility index (Phi) is 3.06. The van der Waals surface area contributed by atoms with Gasteiger partial charge in [-0.15, -0.1) is 0 Å². The van der Waals surface area contributed by atoms with E-state index >= 15 is 0 Å². The highest BCUT2D eigenvalue weighted by atomic mass is 35.5. The predicted molar refractivity (Wildman–Crippen MR) is 61.1 cm³/mol. The number of halogens is 3. The molecule has 0 aliphatic heterocycles. The van der Waals surface area contributed by atoms with Crippen molar-refractivity contribution in [2.45, 2.75) is 0 Å². The lowest BCUT2D eigenvalue weighted by Crippen LogP contribution is -2.04. The molecular formula is C10H7ClF2N4. The topological polar surface area (TPSA) is 63.8 Å². The van der Waals surface area contributed by atoms with Crippen LogP contribution in [0.3, 0.4) is 0 Å². The molecule has 1 aromatic heterocycles. The number of hydrogen-bond donors (Lipinski definition) is 2. The molecule has 0 unspecified atom stereocenters. The van der Waals surface area contributed by atoms with Crippen molar-refractivity contribution in [3.8, 4) is 0 Å². The number of nitrogen functional groups attached to an aromatic ring is 1. The molecule has 0 atom stereocenters. The first-order chi connectivity index (χ1) is 8.08. The van der Waals surface area contributed by atoms with Gasteiger partial charge in [0.15, 0.2) is 11.6 Å². The highest BCUT2D eigenvalue weighted by Crippen LogP contribution is 2.28. The number of para-hydroxylation sites is 1. The van der Waals surface area contributed by atoms with Crippen LogP contribution >= 0.6 is 11.6 Å². The minimum Gasteiger partial charge on any atom is -0.368 e. The second-order valence-corrected chi connectivity index (χ2v) is 3.55. The third kappa shape index (κ3) is 2.42. The Labute approximate surface area is 100 Å². The second kappa shape index (κ2) is 4.50. The predicted octanol–water partition coefficient (Wildman–Crippen LogP) is 2.73. The summed E-state index contributed by atoms with van der Waals surface area (Å²) >= 11 is 5.77. The third-order valence-electron chi connectivity index (χ3n) is 1.97. The number of benzene rings is 1. The summed E-state index contributed by atoms with van der Waals surface area (Å²) in [5.41, 5.74) is 5.24. The van der Waals surface area contributed by atoms with Crippen LogP contribution in [0.15, 0.2) is 24.4 Å². The molecule has 1 heterocycles. The normalized spacial score (nSPS) is 10.3. The van der Waals surface area contributed by atoms with Gasteiger partial charge in [0.25, 0.3) is 0 Å². The molecule has 0 radical (unpaired) electrons. The van der Waals surface area contributed by atoms with Gasteiger partial charge in [0.05, 0.1) is 16.9 Å². The fraction of sp³-hybridized carbons (Fsp3) is 0. The molecule has 0 spiro atoms. The largest absolute Gasteiger partial charge is 0.368 e. The van der Waals surface area contributed by atoms with Crippen molar-refractivity contribution < 1.29 is 8.78 Å². The van der Waals surface area contributed by atoms with Crippen LogP contribution < -0.4 is 11.1 Å². The average molecular weight is 257 g/mol. The van der Waals surface area contributed by atoms with Gasteiger partial charge in [-0.25, -0.2) is 13.8 Å². The summed E-state index contributed by atoms with van der Waals surface area (Å²) < 4.78 is 26.7. The number of nitrogens with two attached hydrogens (primary N) is 1. The molecule has 4 nitrogen and oxygen atoms in total. The summed E-state index contributed by atoms with van der Waals surface area (Å²) in [6.07, 6.45) is 0.888. The molecule has 7 heteroatoms. The van der Waals surface area contributed by atoms with E-state index in [2.05, 4.69) is 15.3 Å². The molecule has 0 fully saturated rings. The van der Waals surface area contributed by atoms with Crippen LogP contribution in [0.25, 0.3) is 0 Å². The van der Waals surface area contributed by atoms with Gasteiger partial charge in [-0.3, -0.25) is 0 Å². The van der Waals surface area contributed by atoms with Crippen LogP contribution in [0.5, 0.6) is 0 Å². The lowest BCUT2D eigenvalue weighted by atomic mass is 10.3. The Morgan fingerprint density at radius 3 is 2.71 bits per heavy atom. The van der Waals surface area contributed by atoms with Crippen molar-refractivity contribution in [2.24, 2.45) is 0 Å². The number of aromatic nitrogens is 2. The molecule has 0 aliphatic carbocycles. The van der Waals surface area contributed by atoms with Crippen LogP contribution in [-0.2, 0) is 0 Å². The Morgan fingerprint density at radius 2 is 2.00 bits per heavy atom. The lowest BCUT2D eigenvalue weighted by Gasteiger charge is -2.09. The molecule has 0 bridgehead atoms. The van der Waals surface area contributed by atoms with Gasteiger partial charge in [0.1, 0.15) is 5.82 Å². The SMILES string of the molecule is Nc1ncc(F)c(Nc2c(F)cccc2Cl)n1. The first-order valence-electron chi connectivity index (χ1n) is 4.57. The fourth-order valence-corrected chi connectivity index (χ4v) is 1.41. The van der Waals surface area contributed by atoms with E-state index in [4.69, 9.17) is 17.3 Å². The number of rotatable bonds is 2. The van der Waals surface area contributed by atoms with E-state index in [-0.39, 0.29) is 22.5 Å². The smallest absolute Gasteiger partial charge is 0.222 e. The summed E-state index contributed by atoms with van der Waals surface area (Å²) in [4.78, 5) is 7.06. The summed E-state index contributed by atoms with van der Waals surface area (Å²) in [7, 11) is 0. The van der Waals surface area contributed by atoms with Crippen molar-refractivity contribution in [1.29, 1.82) is 0 Å². The Bertz CT molecular complexity index is 542. The standard InChI is InChI=1S/C10H7ClF2N4/c11-5-2-1-3-6(12)8(5)16-9-7(13)4-15-10(14)17-9/h1-4H,(H3,14,15,16,17). The van der Waals surface area contributed by atoms with Crippen LogP contribution in [0.2, 0.25) is 5.02 Å². The minimum absolute atomic E-state index is 0.0637. The highest BCUT2D eigenvalue weighted by Gasteiger charge is 2.11. The maximum Gasteiger partial charge on any atom is 0.222 e. The summed E-state index contributed by atoms with van der Waals surface area (Å²) in [5.74, 6) is -1.72. The Hall–Kier alpha value is -1.95. The van der Waals surface area contributed by atoms with Crippen LogP contribution in [0.4, 0.5) is 26.2 Å². The van der Waals surface area contributed by atoms with Gasteiger partial charge in [0, 0.05) is 0 Å². The molecule has 88 valence electrons. The van der Waals surface area contributed by atoms with E-state index in [0.717, 1.165) is 6.20 Å². The molecule has 3 N–H and O–H groups in total. The van der Waals surface area contributed by atoms with E-state index < -0.39 is 11.6 Å². The van der Waals surface area contributed by atoms with Gasteiger partial charge in [-0.05, 0) is 12.1 Å². The van der Waals surface area contributed by atoms with Gasteiger partial charge in [-0.1, -0.05) is 17.7 Å². The van der Waals surface area contributed by atoms with Crippen molar-refractivity contribution in [3.05, 3.63) is 41.1 Å². The summed E-state index contributed by atoms with van der Waals surface area (Å²) in [6, 6.07) is 4.10. The van der Waals surface area contributed by atoms with Gasteiger partial charge in [-0.2, -0.15) is 4.98 Å². The van der Waals surface area contributed by atoms with Crippen LogP contribution in [0, 0.1) is 11.6 Å². The summed E-state index contributed by atoms with van der Waals surface area (Å²) in [5, 5.41) is 2.55. The second-order valence-electron chi connectivity index (χ2n) is 3.15.